The van der Waals surface area contributed by atoms with Gasteiger partial charge >= 0.3 is 0 Å². The molecule has 1 aliphatic rings. The summed E-state index contributed by atoms with van der Waals surface area (Å²) in [7, 11) is 0. The lowest BCUT2D eigenvalue weighted by atomic mass is 10.1. The standard InChI is InChI=1S/C14H17BrN2/c15-10-12-5-6-14(13(9-12)11-16)17-7-3-1-2-4-8-17/h5-6,9H,1-4,7-8,10H2. The third kappa shape index (κ3) is 3.01. The van der Waals surface area contributed by atoms with Crippen molar-refractivity contribution < 1.29 is 0 Å². The van der Waals surface area contributed by atoms with Crippen molar-refractivity contribution in [2.24, 2.45) is 0 Å². The number of alkyl halides is 1. The van der Waals surface area contributed by atoms with Gasteiger partial charge in [-0.15, -0.1) is 0 Å². The van der Waals surface area contributed by atoms with Crippen LogP contribution < -0.4 is 4.90 Å². The van der Waals surface area contributed by atoms with E-state index in [4.69, 9.17) is 0 Å². The summed E-state index contributed by atoms with van der Waals surface area (Å²) in [5.41, 5.74) is 3.09. The van der Waals surface area contributed by atoms with Gasteiger partial charge in [0.05, 0.1) is 11.3 Å². The lowest BCUT2D eigenvalue weighted by molar-refractivity contribution is 0.726. The van der Waals surface area contributed by atoms with E-state index in [0.717, 1.165) is 29.7 Å². The molecule has 90 valence electrons. The van der Waals surface area contributed by atoms with Crippen LogP contribution in [0, 0.1) is 11.3 Å². The Hall–Kier alpha value is -1.01. The first-order valence-corrected chi connectivity index (χ1v) is 7.31. The molecule has 0 spiro atoms. The third-order valence-electron chi connectivity index (χ3n) is 3.28. The molecular weight excluding hydrogens is 276 g/mol. The summed E-state index contributed by atoms with van der Waals surface area (Å²) < 4.78 is 0. The number of hydrogen-bond acceptors (Lipinski definition) is 2. The summed E-state index contributed by atoms with van der Waals surface area (Å²) >= 11 is 3.43. The highest BCUT2D eigenvalue weighted by molar-refractivity contribution is 9.08. The number of rotatable bonds is 2. The molecule has 0 atom stereocenters. The van der Waals surface area contributed by atoms with Gasteiger partial charge in [-0.25, -0.2) is 0 Å². The molecule has 1 fully saturated rings. The van der Waals surface area contributed by atoms with E-state index in [1.165, 1.54) is 31.2 Å². The zero-order chi connectivity index (χ0) is 12.1. The summed E-state index contributed by atoms with van der Waals surface area (Å²) in [5.74, 6) is 0. The summed E-state index contributed by atoms with van der Waals surface area (Å²) in [6.07, 6.45) is 5.12. The van der Waals surface area contributed by atoms with E-state index in [1.54, 1.807) is 0 Å². The molecule has 0 bridgehead atoms. The largest absolute Gasteiger partial charge is 0.370 e. The van der Waals surface area contributed by atoms with E-state index < -0.39 is 0 Å². The molecule has 17 heavy (non-hydrogen) atoms. The van der Waals surface area contributed by atoms with Crippen LogP contribution in [0.4, 0.5) is 5.69 Å². The lowest BCUT2D eigenvalue weighted by Crippen LogP contribution is -2.24. The zero-order valence-electron chi connectivity index (χ0n) is 9.95. The summed E-state index contributed by atoms with van der Waals surface area (Å²) in [5, 5.41) is 10.1. The number of hydrogen-bond donors (Lipinski definition) is 0. The van der Waals surface area contributed by atoms with Gasteiger partial charge in [0.25, 0.3) is 0 Å². The predicted molar refractivity (Wildman–Crippen MR) is 74.5 cm³/mol. The van der Waals surface area contributed by atoms with Crippen LogP contribution in [0.25, 0.3) is 0 Å². The van der Waals surface area contributed by atoms with Crippen LogP contribution in [0.2, 0.25) is 0 Å². The van der Waals surface area contributed by atoms with Gasteiger partial charge in [0.15, 0.2) is 0 Å². The molecule has 1 aromatic carbocycles. The van der Waals surface area contributed by atoms with Crippen LogP contribution >= 0.6 is 15.9 Å². The van der Waals surface area contributed by atoms with E-state index in [2.05, 4.69) is 39.0 Å². The van der Waals surface area contributed by atoms with Crippen molar-refractivity contribution in [3.63, 3.8) is 0 Å². The number of nitrogens with zero attached hydrogens (tertiary/aromatic N) is 2. The Kier molecular flexibility index (Phi) is 4.44. The Balaban J connectivity index is 2.27. The molecule has 2 nitrogen and oxygen atoms in total. The van der Waals surface area contributed by atoms with Crippen LogP contribution in [0.1, 0.15) is 36.8 Å². The van der Waals surface area contributed by atoms with Gasteiger partial charge in [-0.3, -0.25) is 0 Å². The van der Waals surface area contributed by atoms with Crippen molar-refractivity contribution in [3.8, 4) is 6.07 Å². The highest BCUT2D eigenvalue weighted by atomic mass is 79.9. The average molecular weight is 293 g/mol. The normalized spacial score (nSPS) is 16.4. The minimum Gasteiger partial charge on any atom is -0.370 e. The molecule has 1 heterocycles. The Labute approximate surface area is 111 Å². The first-order valence-electron chi connectivity index (χ1n) is 6.19. The summed E-state index contributed by atoms with van der Waals surface area (Å²) in [4.78, 5) is 2.36. The van der Waals surface area contributed by atoms with Gasteiger partial charge in [-0.05, 0) is 30.5 Å². The highest BCUT2D eigenvalue weighted by Gasteiger charge is 2.13. The molecule has 0 N–H and O–H groups in total. The van der Waals surface area contributed by atoms with Crippen LogP contribution in [0.3, 0.4) is 0 Å². The molecule has 0 amide bonds. The smallest absolute Gasteiger partial charge is 0.101 e. The average Bonchev–Trinajstić information content (AvgIpc) is 2.66. The fraction of sp³-hybridized carbons (Fsp3) is 0.500. The van der Waals surface area contributed by atoms with Crippen LogP contribution in [0.15, 0.2) is 18.2 Å². The minimum atomic E-state index is 0.808. The monoisotopic (exact) mass is 292 g/mol. The second-order valence-electron chi connectivity index (χ2n) is 4.50. The molecule has 1 saturated heterocycles. The Morgan fingerprint density at radius 3 is 2.47 bits per heavy atom. The first kappa shape index (κ1) is 12.4. The molecule has 2 rings (SSSR count). The molecule has 3 heteroatoms. The van der Waals surface area contributed by atoms with E-state index in [0.29, 0.717) is 0 Å². The van der Waals surface area contributed by atoms with Crippen molar-refractivity contribution in [3.05, 3.63) is 29.3 Å². The van der Waals surface area contributed by atoms with Gasteiger partial charge in [0, 0.05) is 18.4 Å². The SMILES string of the molecule is N#Cc1cc(CBr)ccc1N1CCCCCC1. The minimum absolute atomic E-state index is 0.808. The lowest BCUT2D eigenvalue weighted by Gasteiger charge is -2.24. The number of halogens is 1. The molecular formula is C14H17BrN2. The molecule has 0 unspecified atom stereocenters. The number of anilines is 1. The maximum atomic E-state index is 9.25. The van der Waals surface area contributed by atoms with Gasteiger partial charge in [0.2, 0.25) is 0 Å². The molecule has 0 aromatic heterocycles. The second kappa shape index (κ2) is 6.07. The van der Waals surface area contributed by atoms with Crippen molar-refractivity contribution >= 4 is 21.6 Å². The van der Waals surface area contributed by atoms with Crippen LogP contribution in [-0.2, 0) is 5.33 Å². The van der Waals surface area contributed by atoms with Gasteiger partial charge in [-0.1, -0.05) is 34.8 Å². The second-order valence-corrected chi connectivity index (χ2v) is 5.06. The van der Waals surface area contributed by atoms with E-state index in [1.807, 2.05) is 6.07 Å². The van der Waals surface area contributed by atoms with E-state index >= 15 is 0 Å². The molecule has 1 aliphatic heterocycles. The number of nitriles is 1. The fourth-order valence-corrected chi connectivity index (χ4v) is 2.69. The van der Waals surface area contributed by atoms with Gasteiger partial charge in [0.1, 0.15) is 6.07 Å². The Morgan fingerprint density at radius 2 is 1.88 bits per heavy atom. The third-order valence-corrected chi connectivity index (χ3v) is 3.93. The van der Waals surface area contributed by atoms with Crippen LogP contribution in [-0.4, -0.2) is 13.1 Å². The summed E-state index contributed by atoms with van der Waals surface area (Å²) in [6.45, 7) is 2.17. The van der Waals surface area contributed by atoms with Crippen molar-refractivity contribution in [2.45, 2.75) is 31.0 Å². The van der Waals surface area contributed by atoms with Crippen molar-refractivity contribution in [1.29, 1.82) is 5.26 Å². The molecule has 0 saturated carbocycles. The van der Waals surface area contributed by atoms with Gasteiger partial charge < -0.3 is 4.90 Å². The quantitative estimate of drug-likeness (QED) is 0.775. The van der Waals surface area contributed by atoms with E-state index in [-0.39, 0.29) is 0 Å². The van der Waals surface area contributed by atoms with E-state index in [9.17, 15) is 5.26 Å². The Bertz CT molecular complexity index is 415. The zero-order valence-corrected chi connectivity index (χ0v) is 11.5. The molecule has 0 radical (unpaired) electrons. The molecule has 1 aromatic rings. The number of benzene rings is 1. The first-order chi connectivity index (χ1) is 8.35. The highest BCUT2D eigenvalue weighted by Crippen LogP contribution is 2.25. The maximum absolute atomic E-state index is 9.25. The topological polar surface area (TPSA) is 27.0 Å². The van der Waals surface area contributed by atoms with Crippen molar-refractivity contribution in [2.75, 3.05) is 18.0 Å². The Morgan fingerprint density at radius 1 is 1.18 bits per heavy atom. The van der Waals surface area contributed by atoms with Crippen LogP contribution in [0.5, 0.6) is 0 Å². The van der Waals surface area contributed by atoms with Crippen molar-refractivity contribution in [1.82, 2.24) is 0 Å². The fourth-order valence-electron chi connectivity index (χ4n) is 2.34. The maximum Gasteiger partial charge on any atom is 0.101 e. The predicted octanol–water partition coefficient (Wildman–Crippen LogP) is 3.83. The molecule has 0 aliphatic carbocycles. The van der Waals surface area contributed by atoms with Gasteiger partial charge in [-0.2, -0.15) is 5.26 Å². The summed E-state index contributed by atoms with van der Waals surface area (Å²) in [6, 6.07) is 8.53.